The van der Waals surface area contributed by atoms with Crippen LogP contribution in [-0.4, -0.2) is 12.1 Å². The van der Waals surface area contributed by atoms with Gasteiger partial charge in [0, 0.05) is 12.3 Å². The SMILES string of the molecule is O=C1C=CCCC=N1. The van der Waals surface area contributed by atoms with Crippen LogP contribution in [0.2, 0.25) is 0 Å². The molecule has 8 heavy (non-hydrogen) atoms. The van der Waals surface area contributed by atoms with Gasteiger partial charge in [-0.2, -0.15) is 0 Å². The van der Waals surface area contributed by atoms with Gasteiger partial charge in [0.2, 0.25) is 0 Å². The van der Waals surface area contributed by atoms with Gasteiger partial charge in [-0.25, -0.2) is 4.99 Å². The summed E-state index contributed by atoms with van der Waals surface area (Å²) in [6.45, 7) is 0. The van der Waals surface area contributed by atoms with Crippen molar-refractivity contribution in [3.05, 3.63) is 12.2 Å². The molecule has 0 aromatic rings. The highest BCUT2D eigenvalue weighted by atomic mass is 16.1. The zero-order valence-corrected chi connectivity index (χ0v) is 4.50. The second-order valence-electron chi connectivity index (χ2n) is 1.63. The molecule has 0 bridgehead atoms. The lowest BCUT2D eigenvalue weighted by molar-refractivity contribution is -0.113. The summed E-state index contributed by atoms with van der Waals surface area (Å²) in [7, 11) is 0. The van der Waals surface area contributed by atoms with E-state index in [1.165, 1.54) is 6.08 Å². The fourth-order valence-electron chi connectivity index (χ4n) is 0.552. The Bertz CT molecular complexity index is 131. The van der Waals surface area contributed by atoms with Crippen LogP contribution in [0.15, 0.2) is 17.1 Å². The normalized spacial score (nSPS) is 18.8. The van der Waals surface area contributed by atoms with Gasteiger partial charge in [-0.1, -0.05) is 6.08 Å². The van der Waals surface area contributed by atoms with E-state index in [1.807, 2.05) is 6.08 Å². The number of hydrogen-bond donors (Lipinski definition) is 0. The van der Waals surface area contributed by atoms with E-state index in [-0.39, 0.29) is 5.91 Å². The largest absolute Gasteiger partial charge is 0.269 e. The topological polar surface area (TPSA) is 29.4 Å². The average Bonchev–Trinajstić information content (AvgIpc) is 1.94. The Morgan fingerprint density at radius 1 is 1.50 bits per heavy atom. The van der Waals surface area contributed by atoms with Gasteiger partial charge in [0.25, 0.3) is 5.91 Å². The Balaban J connectivity index is 2.64. The molecule has 0 aromatic heterocycles. The highest BCUT2D eigenvalue weighted by Gasteiger charge is 1.91. The Morgan fingerprint density at radius 3 is 3.25 bits per heavy atom. The average molecular weight is 109 g/mol. The monoisotopic (exact) mass is 109 g/mol. The van der Waals surface area contributed by atoms with Crippen LogP contribution in [0.25, 0.3) is 0 Å². The van der Waals surface area contributed by atoms with Crippen LogP contribution in [0.5, 0.6) is 0 Å². The minimum Gasteiger partial charge on any atom is -0.268 e. The van der Waals surface area contributed by atoms with E-state index in [1.54, 1.807) is 6.21 Å². The van der Waals surface area contributed by atoms with Crippen LogP contribution < -0.4 is 0 Å². The quantitative estimate of drug-likeness (QED) is 0.455. The molecule has 1 aliphatic rings. The van der Waals surface area contributed by atoms with Crippen molar-refractivity contribution in [1.82, 2.24) is 0 Å². The molecule has 1 aliphatic heterocycles. The fraction of sp³-hybridized carbons (Fsp3) is 0.333. The van der Waals surface area contributed by atoms with Gasteiger partial charge in [-0.3, -0.25) is 4.79 Å². The van der Waals surface area contributed by atoms with Crippen molar-refractivity contribution >= 4 is 12.1 Å². The summed E-state index contributed by atoms with van der Waals surface area (Å²) in [5.74, 6) is -0.137. The third-order valence-corrected chi connectivity index (χ3v) is 0.941. The summed E-state index contributed by atoms with van der Waals surface area (Å²) < 4.78 is 0. The summed E-state index contributed by atoms with van der Waals surface area (Å²) >= 11 is 0. The lowest BCUT2D eigenvalue weighted by Crippen LogP contribution is -1.82. The Hall–Kier alpha value is -0.920. The van der Waals surface area contributed by atoms with Crippen LogP contribution in [0, 0.1) is 0 Å². The molecule has 0 saturated heterocycles. The molecule has 0 unspecified atom stereocenters. The van der Waals surface area contributed by atoms with E-state index < -0.39 is 0 Å². The first kappa shape index (κ1) is 5.22. The van der Waals surface area contributed by atoms with Gasteiger partial charge in [-0.15, -0.1) is 0 Å². The summed E-state index contributed by atoms with van der Waals surface area (Å²) in [6.07, 6.45) is 6.83. The van der Waals surface area contributed by atoms with Crippen molar-refractivity contribution in [3.8, 4) is 0 Å². The number of aliphatic imine (C=N–C) groups is 1. The Kier molecular flexibility index (Phi) is 1.57. The number of allylic oxidation sites excluding steroid dienone is 1. The first-order valence-electron chi connectivity index (χ1n) is 2.62. The molecule has 0 atom stereocenters. The summed E-state index contributed by atoms with van der Waals surface area (Å²) in [6, 6.07) is 0. The van der Waals surface area contributed by atoms with Gasteiger partial charge < -0.3 is 0 Å². The first-order valence-corrected chi connectivity index (χ1v) is 2.62. The predicted molar refractivity (Wildman–Crippen MR) is 31.9 cm³/mol. The lowest BCUT2D eigenvalue weighted by atomic mass is 10.3. The third-order valence-electron chi connectivity index (χ3n) is 0.941. The van der Waals surface area contributed by atoms with E-state index >= 15 is 0 Å². The maximum Gasteiger partial charge on any atom is 0.269 e. The molecule has 2 heteroatoms. The van der Waals surface area contributed by atoms with Crippen LogP contribution in [-0.2, 0) is 4.79 Å². The van der Waals surface area contributed by atoms with Crippen molar-refractivity contribution < 1.29 is 4.79 Å². The molecular formula is C6H7NO. The molecule has 0 spiro atoms. The Morgan fingerprint density at radius 2 is 2.38 bits per heavy atom. The zero-order chi connectivity index (χ0) is 5.82. The van der Waals surface area contributed by atoms with Crippen LogP contribution >= 0.6 is 0 Å². The number of hydrogen-bond acceptors (Lipinski definition) is 1. The van der Waals surface area contributed by atoms with Crippen molar-refractivity contribution in [2.24, 2.45) is 4.99 Å². The summed E-state index contributed by atoms with van der Waals surface area (Å²) in [5, 5.41) is 0. The Labute approximate surface area is 47.9 Å². The second-order valence-corrected chi connectivity index (χ2v) is 1.63. The maximum absolute atomic E-state index is 10.4. The van der Waals surface area contributed by atoms with Crippen LogP contribution in [0.1, 0.15) is 12.8 Å². The summed E-state index contributed by atoms with van der Waals surface area (Å²) in [5.41, 5.74) is 0. The van der Waals surface area contributed by atoms with Gasteiger partial charge in [-0.05, 0) is 12.8 Å². The molecule has 1 rings (SSSR count). The van der Waals surface area contributed by atoms with E-state index in [9.17, 15) is 4.79 Å². The molecule has 42 valence electrons. The molecule has 0 fully saturated rings. The number of amides is 1. The smallest absolute Gasteiger partial charge is 0.268 e. The van der Waals surface area contributed by atoms with Crippen molar-refractivity contribution in [2.75, 3.05) is 0 Å². The zero-order valence-electron chi connectivity index (χ0n) is 4.50. The first-order chi connectivity index (χ1) is 3.89. The molecule has 2 nitrogen and oxygen atoms in total. The second kappa shape index (κ2) is 2.40. The number of carbonyl (C=O) groups is 1. The molecule has 1 heterocycles. The molecule has 1 amide bonds. The minimum absolute atomic E-state index is 0.137. The van der Waals surface area contributed by atoms with E-state index in [4.69, 9.17) is 0 Å². The highest BCUT2D eigenvalue weighted by Crippen LogP contribution is 1.93. The number of rotatable bonds is 0. The van der Waals surface area contributed by atoms with Crippen LogP contribution in [0.4, 0.5) is 0 Å². The molecule has 0 aromatic carbocycles. The van der Waals surface area contributed by atoms with Crippen molar-refractivity contribution in [3.63, 3.8) is 0 Å². The van der Waals surface area contributed by atoms with Crippen molar-refractivity contribution in [2.45, 2.75) is 12.8 Å². The lowest BCUT2D eigenvalue weighted by Gasteiger charge is -1.74. The highest BCUT2D eigenvalue weighted by molar-refractivity contribution is 5.94. The molecular weight excluding hydrogens is 102 g/mol. The predicted octanol–water partition coefficient (Wildman–Crippen LogP) is 0.934. The third kappa shape index (κ3) is 1.30. The van der Waals surface area contributed by atoms with Gasteiger partial charge in [0.1, 0.15) is 0 Å². The molecule has 0 aliphatic carbocycles. The van der Waals surface area contributed by atoms with E-state index in [0.717, 1.165) is 12.8 Å². The molecule has 0 N–H and O–H groups in total. The molecule has 0 saturated carbocycles. The fourth-order valence-corrected chi connectivity index (χ4v) is 0.552. The standard InChI is InChI=1S/C6H7NO/c8-6-4-2-1-3-5-7-6/h2,4-5H,1,3H2. The van der Waals surface area contributed by atoms with Gasteiger partial charge in [0.05, 0.1) is 0 Å². The summed E-state index contributed by atoms with van der Waals surface area (Å²) in [4.78, 5) is 14.0. The maximum atomic E-state index is 10.4. The van der Waals surface area contributed by atoms with Crippen molar-refractivity contribution in [1.29, 1.82) is 0 Å². The number of carbonyl (C=O) groups excluding carboxylic acids is 1. The number of nitrogens with zero attached hydrogens (tertiary/aromatic N) is 1. The minimum atomic E-state index is -0.137. The van der Waals surface area contributed by atoms with Gasteiger partial charge in [0.15, 0.2) is 0 Å². The van der Waals surface area contributed by atoms with Crippen LogP contribution in [0.3, 0.4) is 0 Å². The molecule has 0 radical (unpaired) electrons. The van der Waals surface area contributed by atoms with E-state index in [2.05, 4.69) is 4.99 Å². The van der Waals surface area contributed by atoms with Gasteiger partial charge >= 0.3 is 0 Å². The van der Waals surface area contributed by atoms with E-state index in [0.29, 0.717) is 0 Å².